The van der Waals surface area contributed by atoms with Crippen molar-refractivity contribution >= 4 is 5.91 Å². The van der Waals surface area contributed by atoms with Crippen LogP contribution in [0.2, 0.25) is 0 Å². The van der Waals surface area contributed by atoms with E-state index in [4.69, 9.17) is 4.52 Å². The van der Waals surface area contributed by atoms with Crippen LogP contribution in [0.5, 0.6) is 0 Å². The Morgan fingerprint density at radius 1 is 1.36 bits per heavy atom. The van der Waals surface area contributed by atoms with Gasteiger partial charge >= 0.3 is 0 Å². The van der Waals surface area contributed by atoms with Crippen molar-refractivity contribution in [2.24, 2.45) is 5.92 Å². The zero-order chi connectivity index (χ0) is 15.7. The molecule has 0 aromatic carbocycles. The Balaban J connectivity index is 1.71. The number of H-pyrrole nitrogens is 2. The van der Waals surface area contributed by atoms with Crippen LogP contribution in [0.1, 0.15) is 41.4 Å². The molecule has 3 rings (SSSR count). The second kappa shape index (κ2) is 5.82. The summed E-state index contributed by atoms with van der Waals surface area (Å²) in [5.41, 5.74) is 1.89. The third-order valence-electron chi connectivity index (χ3n) is 3.90. The van der Waals surface area contributed by atoms with Crippen LogP contribution in [-0.2, 0) is 19.3 Å². The minimum Gasteiger partial charge on any atom is -0.361 e. The first-order valence-corrected chi connectivity index (χ1v) is 7.58. The monoisotopic (exact) mass is 304 g/mol. The molecule has 118 valence electrons. The van der Waals surface area contributed by atoms with E-state index in [2.05, 4.69) is 29.2 Å². The van der Waals surface area contributed by atoms with E-state index in [1.54, 1.807) is 11.0 Å². The fourth-order valence-corrected chi connectivity index (χ4v) is 2.78. The average Bonchev–Trinajstić information content (AvgIpc) is 2.99. The topological polar surface area (TPSA) is 95.0 Å². The van der Waals surface area contributed by atoms with E-state index < -0.39 is 0 Å². The van der Waals surface area contributed by atoms with Gasteiger partial charge in [-0.25, -0.2) is 0 Å². The van der Waals surface area contributed by atoms with Gasteiger partial charge in [0.25, 0.3) is 11.5 Å². The van der Waals surface area contributed by atoms with Crippen LogP contribution in [0.25, 0.3) is 0 Å². The number of amides is 1. The molecule has 2 aromatic heterocycles. The van der Waals surface area contributed by atoms with Crippen LogP contribution < -0.4 is 5.56 Å². The number of aromatic amines is 2. The minimum absolute atomic E-state index is 0.0926. The molecular formula is C15H20N4O3. The molecule has 7 heteroatoms. The molecule has 2 aromatic rings. The summed E-state index contributed by atoms with van der Waals surface area (Å²) in [6, 6.07) is 1.72. The number of nitrogens with zero attached hydrogens (tertiary/aromatic N) is 2. The smallest absolute Gasteiger partial charge is 0.276 e. The molecule has 0 saturated carbocycles. The maximum Gasteiger partial charge on any atom is 0.276 e. The van der Waals surface area contributed by atoms with Gasteiger partial charge in [0.2, 0.25) is 0 Å². The average molecular weight is 304 g/mol. The van der Waals surface area contributed by atoms with E-state index >= 15 is 0 Å². The number of carbonyl (C=O) groups excluding carboxylic acids is 1. The van der Waals surface area contributed by atoms with Gasteiger partial charge in [-0.3, -0.25) is 14.7 Å². The second-order valence-corrected chi connectivity index (χ2v) is 6.10. The number of hydrogen-bond donors (Lipinski definition) is 2. The molecule has 22 heavy (non-hydrogen) atoms. The maximum absolute atomic E-state index is 12.5. The van der Waals surface area contributed by atoms with E-state index in [1.807, 2.05) is 0 Å². The van der Waals surface area contributed by atoms with Gasteiger partial charge in [-0.2, -0.15) is 0 Å². The molecule has 0 bridgehead atoms. The molecule has 1 aliphatic heterocycles. The summed E-state index contributed by atoms with van der Waals surface area (Å²) in [6.45, 7) is 5.25. The molecule has 0 fully saturated rings. The maximum atomic E-state index is 12.5. The van der Waals surface area contributed by atoms with Gasteiger partial charge in [-0.15, -0.1) is 0 Å². The molecule has 0 spiro atoms. The normalized spacial score (nSPS) is 15.0. The molecule has 1 amide bonds. The highest BCUT2D eigenvalue weighted by molar-refractivity contribution is 5.92. The quantitative estimate of drug-likeness (QED) is 0.888. The lowest BCUT2D eigenvalue weighted by atomic mass is 10.1. The summed E-state index contributed by atoms with van der Waals surface area (Å²) in [6.07, 6.45) is 1.95. The largest absolute Gasteiger partial charge is 0.361 e. The predicted molar refractivity (Wildman–Crippen MR) is 79.8 cm³/mol. The molecule has 0 radical (unpaired) electrons. The van der Waals surface area contributed by atoms with Crippen LogP contribution in [0.3, 0.4) is 0 Å². The summed E-state index contributed by atoms with van der Waals surface area (Å²) in [7, 11) is 0. The van der Waals surface area contributed by atoms with Gasteiger partial charge in [-0.1, -0.05) is 19.0 Å². The molecule has 0 saturated heterocycles. The Labute approximate surface area is 127 Å². The lowest BCUT2D eigenvalue weighted by molar-refractivity contribution is 0.0752. The standard InChI is InChI=1S/C15H20N4O3/c1-9(2)7-10-8-13(18-22-10)15(21)19-5-3-11-12(4-6-19)16-17-14(11)20/h8-9H,3-7H2,1-2H3,(H2,16,17,20). The number of nitrogens with one attached hydrogen (secondary N) is 2. The molecule has 0 unspecified atom stereocenters. The highest BCUT2D eigenvalue weighted by Crippen LogP contribution is 2.15. The van der Waals surface area contributed by atoms with E-state index in [0.717, 1.165) is 23.4 Å². The Bertz CT molecular complexity index is 725. The Morgan fingerprint density at radius 3 is 2.91 bits per heavy atom. The highest BCUT2D eigenvalue weighted by Gasteiger charge is 2.24. The number of rotatable bonds is 3. The first-order valence-electron chi connectivity index (χ1n) is 7.58. The molecule has 0 atom stereocenters. The summed E-state index contributed by atoms with van der Waals surface area (Å²) in [4.78, 5) is 25.9. The fourth-order valence-electron chi connectivity index (χ4n) is 2.78. The number of hydrogen-bond acceptors (Lipinski definition) is 4. The van der Waals surface area contributed by atoms with Crippen LogP contribution in [-0.4, -0.2) is 39.3 Å². The minimum atomic E-state index is -0.139. The summed E-state index contributed by atoms with van der Waals surface area (Å²) in [5, 5.41) is 9.36. The third kappa shape index (κ3) is 2.84. The fraction of sp³-hybridized carbons (Fsp3) is 0.533. The number of aromatic nitrogens is 3. The third-order valence-corrected chi connectivity index (χ3v) is 3.90. The van der Waals surface area contributed by atoms with E-state index in [-0.39, 0.29) is 11.5 Å². The van der Waals surface area contributed by atoms with Gasteiger partial charge in [0.05, 0.1) is 0 Å². The number of carbonyl (C=O) groups is 1. The Morgan fingerprint density at radius 2 is 2.14 bits per heavy atom. The van der Waals surface area contributed by atoms with Crippen molar-refractivity contribution in [3.63, 3.8) is 0 Å². The van der Waals surface area contributed by atoms with Crippen molar-refractivity contribution in [1.82, 2.24) is 20.3 Å². The molecule has 7 nitrogen and oxygen atoms in total. The van der Waals surface area contributed by atoms with E-state index in [0.29, 0.717) is 37.5 Å². The molecule has 0 aliphatic carbocycles. The van der Waals surface area contributed by atoms with Gasteiger partial charge in [0, 0.05) is 43.3 Å². The first-order chi connectivity index (χ1) is 10.5. The zero-order valence-electron chi connectivity index (χ0n) is 12.8. The SMILES string of the molecule is CC(C)Cc1cc(C(=O)N2CCc3[nH][nH]c(=O)c3CC2)no1. The van der Waals surface area contributed by atoms with Crippen LogP contribution in [0, 0.1) is 5.92 Å². The van der Waals surface area contributed by atoms with E-state index in [1.165, 1.54) is 0 Å². The summed E-state index contributed by atoms with van der Waals surface area (Å²) in [5.74, 6) is 1.04. The van der Waals surface area contributed by atoms with Crippen molar-refractivity contribution in [2.75, 3.05) is 13.1 Å². The van der Waals surface area contributed by atoms with Gasteiger partial charge in [0.15, 0.2) is 5.69 Å². The molecular weight excluding hydrogens is 284 g/mol. The molecule has 1 aliphatic rings. The van der Waals surface area contributed by atoms with Crippen molar-refractivity contribution in [3.8, 4) is 0 Å². The molecule has 3 heterocycles. The van der Waals surface area contributed by atoms with Gasteiger partial charge < -0.3 is 14.5 Å². The summed E-state index contributed by atoms with van der Waals surface area (Å²) >= 11 is 0. The Kier molecular flexibility index (Phi) is 3.87. The van der Waals surface area contributed by atoms with Crippen LogP contribution in [0.4, 0.5) is 0 Å². The predicted octanol–water partition coefficient (Wildman–Crippen LogP) is 1.13. The van der Waals surface area contributed by atoms with E-state index in [9.17, 15) is 9.59 Å². The van der Waals surface area contributed by atoms with Crippen molar-refractivity contribution in [3.05, 3.63) is 39.1 Å². The lowest BCUT2D eigenvalue weighted by Gasteiger charge is -2.18. The summed E-state index contributed by atoms with van der Waals surface area (Å²) < 4.78 is 5.23. The van der Waals surface area contributed by atoms with Crippen LogP contribution >= 0.6 is 0 Å². The molecule has 2 N–H and O–H groups in total. The van der Waals surface area contributed by atoms with Gasteiger partial charge in [0.1, 0.15) is 5.76 Å². The Hall–Kier alpha value is -2.31. The second-order valence-electron chi connectivity index (χ2n) is 6.10. The number of fused-ring (bicyclic) bond motifs is 1. The van der Waals surface area contributed by atoms with Crippen molar-refractivity contribution in [1.29, 1.82) is 0 Å². The van der Waals surface area contributed by atoms with Crippen LogP contribution in [0.15, 0.2) is 15.4 Å². The zero-order valence-corrected chi connectivity index (χ0v) is 12.8. The lowest BCUT2D eigenvalue weighted by Crippen LogP contribution is -2.33. The highest BCUT2D eigenvalue weighted by atomic mass is 16.5. The first kappa shape index (κ1) is 14.6. The van der Waals surface area contributed by atoms with Crippen molar-refractivity contribution in [2.45, 2.75) is 33.1 Å². The van der Waals surface area contributed by atoms with Crippen molar-refractivity contribution < 1.29 is 9.32 Å². The van der Waals surface area contributed by atoms with Gasteiger partial charge in [-0.05, 0) is 12.3 Å².